The number of thiazole rings is 1. The van der Waals surface area contributed by atoms with Gasteiger partial charge >= 0.3 is 6.18 Å². The zero-order valence-corrected chi connectivity index (χ0v) is 19.6. The van der Waals surface area contributed by atoms with Gasteiger partial charge in [-0.3, -0.25) is 23.9 Å². The fourth-order valence-electron chi connectivity index (χ4n) is 3.24. The number of carbonyl (C=O) groups excluding carboxylic acids is 2. The summed E-state index contributed by atoms with van der Waals surface area (Å²) in [5.74, 6) is -1.35. The lowest BCUT2D eigenvalue weighted by Crippen LogP contribution is -2.42. The average Bonchev–Trinajstić information content (AvgIpc) is 3.08. The van der Waals surface area contributed by atoms with Crippen molar-refractivity contribution in [3.05, 3.63) is 43.8 Å². The molecule has 0 spiro atoms. The Morgan fingerprint density at radius 3 is 2.57 bits per heavy atom. The summed E-state index contributed by atoms with van der Waals surface area (Å²) in [5, 5.41) is 16.8. The predicted octanol–water partition coefficient (Wildman–Crippen LogP) is 0.777. The lowest BCUT2D eigenvalue weighted by Gasteiger charge is -2.29. The molecule has 186 valence electrons. The van der Waals surface area contributed by atoms with E-state index in [0.29, 0.717) is 17.9 Å². The summed E-state index contributed by atoms with van der Waals surface area (Å²) >= 11 is 0.810. The molecule has 9 nitrogen and oxygen atoms in total. The Balaban J connectivity index is 1.83. The van der Waals surface area contributed by atoms with Crippen LogP contribution in [0.15, 0.2) is 29.1 Å². The molecule has 0 unspecified atom stereocenters. The van der Waals surface area contributed by atoms with Gasteiger partial charge in [0.15, 0.2) is 5.57 Å². The van der Waals surface area contributed by atoms with E-state index < -0.39 is 29.8 Å². The minimum absolute atomic E-state index is 0.0419. The minimum atomic E-state index is -4.64. The molecular weight excluding hydrogens is 485 g/mol. The first-order valence-corrected chi connectivity index (χ1v) is 11.5. The Morgan fingerprint density at radius 2 is 1.97 bits per heavy atom. The Bertz CT molecular complexity index is 1320. The molecule has 0 saturated carbocycles. The second-order valence-corrected chi connectivity index (χ2v) is 8.68. The van der Waals surface area contributed by atoms with Crippen molar-refractivity contribution in [3.8, 4) is 6.07 Å². The number of amides is 2. The molecule has 0 bridgehead atoms. The molecule has 1 aliphatic heterocycles. The highest BCUT2D eigenvalue weighted by Gasteiger charge is 2.29. The van der Waals surface area contributed by atoms with Gasteiger partial charge in [-0.25, -0.2) is 0 Å². The van der Waals surface area contributed by atoms with E-state index in [1.54, 1.807) is 42.6 Å². The normalized spacial score (nSPS) is 15.1. The molecule has 1 aromatic carbocycles. The van der Waals surface area contributed by atoms with E-state index in [1.165, 1.54) is 6.20 Å². The summed E-state index contributed by atoms with van der Waals surface area (Å²) in [6.45, 7) is 2.24. The van der Waals surface area contributed by atoms with E-state index in [4.69, 9.17) is 0 Å². The van der Waals surface area contributed by atoms with Gasteiger partial charge in [-0.05, 0) is 44.6 Å². The van der Waals surface area contributed by atoms with Crippen molar-refractivity contribution in [1.82, 2.24) is 14.8 Å². The van der Waals surface area contributed by atoms with Crippen molar-refractivity contribution in [2.24, 2.45) is 0 Å². The Labute approximate surface area is 202 Å². The summed E-state index contributed by atoms with van der Waals surface area (Å²) < 4.78 is 38.6. The number of alkyl halides is 3. The molecule has 3 N–H and O–H groups in total. The van der Waals surface area contributed by atoms with Crippen molar-refractivity contribution in [2.75, 3.05) is 36.8 Å². The van der Waals surface area contributed by atoms with Gasteiger partial charge in [0.25, 0.3) is 11.5 Å². The molecule has 2 aromatic rings. The van der Waals surface area contributed by atoms with Gasteiger partial charge < -0.3 is 16.0 Å². The smallest absolute Gasteiger partial charge is 0.360 e. The highest BCUT2D eigenvalue weighted by molar-refractivity contribution is 7.07. The van der Waals surface area contributed by atoms with Crippen LogP contribution in [0.25, 0.3) is 11.8 Å². The number of rotatable bonds is 8. The summed E-state index contributed by atoms with van der Waals surface area (Å²) in [7, 11) is 0. The number of nitriles is 1. The number of hydrogen-bond acceptors (Lipinski definition) is 7. The second kappa shape index (κ2) is 11.2. The molecule has 13 heteroatoms. The molecule has 1 fully saturated rings. The SMILES string of the molecule is CCn1c(=O)/c(=C\Nc2cccc(NC(=O)CN3CCC3)c2)s/c1=C(/C#N)C(=O)NCC(F)(F)F. The van der Waals surface area contributed by atoms with Gasteiger partial charge in [0.1, 0.15) is 21.8 Å². The van der Waals surface area contributed by atoms with Crippen LogP contribution in [0.3, 0.4) is 0 Å². The standard InChI is InChI=1S/C22H23F3N6O3S/c1-2-31-20(34)17(35-21(31)16(10-26)19(33)28-13-22(23,24)25)11-27-14-5-3-6-15(9-14)29-18(32)12-30-7-4-8-30/h3,5-6,9,11,27H,2,4,7-8,12-13H2,1H3,(H,28,33)(H,29,32)/b17-11+,21-16-. The van der Waals surface area contributed by atoms with E-state index in [1.807, 2.05) is 4.90 Å². The van der Waals surface area contributed by atoms with Gasteiger partial charge in [0.05, 0.1) is 6.54 Å². The van der Waals surface area contributed by atoms with Gasteiger partial charge in [0.2, 0.25) is 5.91 Å². The number of nitrogens with one attached hydrogen (secondary N) is 3. The summed E-state index contributed by atoms with van der Waals surface area (Å²) in [6.07, 6.45) is -2.17. The number of anilines is 2. The molecule has 0 atom stereocenters. The van der Waals surface area contributed by atoms with Crippen molar-refractivity contribution in [1.29, 1.82) is 5.26 Å². The third-order valence-electron chi connectivity index (χ3n) is 5.06. The van der Waals surface area contributed by atoms with Gasteiger partial charge in [-0.1, -0.05) is 6.07 Å². The molecule has 1 saturated heterocycles. The second-order valence-electron chi connectivity index (χ2n) is 7.65. The van der Waals surface area contributed by atoms with Crippen molar-refractivity contribution in [3.63, 3.8) is 0 Å². The fraction of sp³-hybridized carbons (Fsp3) is 0.364. The van der Waals surface area contributed by atoms with Crippen LogP contribution in [0.1, 0.15) is 13.3 Å². The van der Waals surface area contributed by atoms with Crippen LogP contribution in [0.4, 0.5) is 24.5 Å². The van der Waals surface area contributed by atoms with E-state index in [-0.39, 0.29) is 21.6 Å². The molecule has 2 amide bonds. The molecule has 1 aliphatic rings. The summed E-state index contributed by atoms with van der Waals surface area (Å²) in [4.78, 5) is 39.1. The Kier molecular flexibility index (Phi) is 8.31. The molecule has 2 heterocycles. The predicted molar refractivity (Wildman–Crippen MR) is 126 cm³/mol. The number of nitrogens with zero attached hydrogens (tertiary/aromatic N) is 3. The van der Waals surface area contributed by atoms with Crippen LogP contribution in [0.2, 0.25) is 0 Å². The van der Waals surface area contributed by atoms with Crippen molar-refractivity contribution in [2.45, 2.75) is 26.1 Å². The summed E-state index contributed by atoms with van der Waals surface area (Å²) in [5.41, 5.74) is 0.0462. The quantitative estimate of drug-likeness (QED) is 0.485. The third-order valence-corrected chi connectivity index (χ3v) is 6.19. The first-order valence-electron chi connectivity index (χ1n) is 10.7. The maximum atomic E-state index is 12.8. The van der Waals surface area contributed by atoms with Crippen LogP contribution in [0, 0.1) is 11.3 Å². The molecular formula is C22H23F3N6O3S. The molecule has 0 aliphatic carbocycles. The van der Waals surface area contributed by atoms with Crippen molar-refractivity contribution >= 4 is 46.3 Å². The van der Waals surface area contributed by atoms with Crippen LogP contribution in [0.5, 0.6) is 0 Å². The largest absolute Gasteiger partial charge is 0.405 e. The van der Waals surface area contributed by atoms with E-state index in [2.05, 4.69) is 10.6 Å². The van der Waals surface area contributed by atoms with Crippen molar-refractivity contribution < 1.29 is 22.8 Å². The Hall–Kier alpha value is -3.63. The zero-order valence-electron chi connectivity index (χ0n) is 18.7. The average molecular weight is 509 g/mol. The number of aromatic nitrogens is 1. The number of halogens is 3. The molecule has 0 radical (unpaired) electrons. The maximum absolute atomic E-state index is 12.8. The number of carbonyl (C=O) groups is 2. The van der Waals surface area contributed by atoms with Gasteiger partial charge in [-0.15, -0.1) is 11.3 Å². The van der Waals surface area contributed by atoms with Crippen LogP contribution in [-0.4, -0.2) is 53.6 Å². The van der Waals surface area contributed by atoms with Crippen LogP contribution >= 0.6 is 11.3 Å². The maximum Gasteiger partial charge on any atom is 0.405 e. The monoisotopic (exact) mass is 508 g/mol. The number of benzene rings is 1. The Morgan fingerprint density at radius 1 is 1.26 bits per heavy atom. The van der Waals surface area contributed by atoms with Gasteiger partial charge in [-0.2, -0.15) is 18.4 Å². The van der Waals surface area contributed by atoms with E-state index >= 15 is 0 Å². The lowest BCUT2D eigenvalue weighted by molar-refractivity contribution is -0.135. The first kappa shape index (κ1) is 26.0. The molecule has 35 heavy (non-hydrogen) atoms. The van der Waals surface area contributed by atoms with Gasteiger partial charge in [0, 0.05) is 24.1 Å². The van der Waals surface area contributed by atoms with E-state index in [0.717, 1.165) is 35.4 Å². The number of likely N-dealkylation sites (tertiary alicyclic amines) is 1. The highest BCUT2D eigenvalue weighted by atomic mass is 32.1. The lowest BCUT2D eigenvalue weighted by atomic mass is 10.2. The topological polar surface area (TPSA) is 119 Å². The third kappa shape index (κ3) is 6.93. The zero-order chi connectivity index (χ0) is 25.6. The highest BCUT2D eigenvalue weighted by Crippen LogP contribution is 2.16. The fourth-order valence-corrected chi connectivity index (χ4v) is 4.32. The number of hydrogen-bond donors (Lipinski definition) is 3. The van der Waals surface area contributed by atoms with Crippen LogP contribution < -0.4 is 30.7 Å². The first-order chi connectivity index (χ1) is 16.6. The van der Waals surface area contributed by atoms with Crippen LogP contribution in [-0.2, 0) is 16.1 Å². The summed E-state index contributed by atoms with van der Waals surface area (Å²) in [6, 6.07) is 8.43. The van der Waals surface area contributed by atoms with E-state index in [9.17, 15) is 32.8 Å². The molecule has 1 aromatic heterocycles. The molecule has 3 rings (SSSR count). The minimum Gasteiger partial charge on any atom is -0.360 e.